The first kappa shape index (κ1) is 22.3. The van der Waals surface area contributed by atoms with Gasteiger partial charge in [-0.1, -0.05) is 36.4 Å². The summed E-state index contributed by atoms with van der Waals surface area (Å²) < 4.78 is 9.52. The molecule has 0 saturated carbocycles. The molecule has 3 N–H and O–H groups in total. The molecule has 148 valence electrons. The van der Waals surface area contributed by atoms with Gasteiger partial charge in [0.15, 0.2) is 0 Å². The fourth-order valence-electron chi connectivity index (χ4n) is 2.00. The molecule has 2 aromatic rings. The number of carboxylic acids is 2. The highest BCUT2D eigenvalue weighted by Gasteiger charge is 2.40. The highest BCUT2D eigenvalue weighted by atomic mass is 16.6. The van der Waals surface area contributed by atoms with Crippen molar-refractivity contribution in [2.24, 2.45) is 0 Å². The van der Waals surface area contributed by atoms with Crippen molar-refractivity contribution < 1.29 is 44.0 Å². The van der Waals surface area contributed by atoms with Crippen LogP contribution in [0.2, 0.25) is 0 Å². The number of hydrogen-bond acceptors (Lipinski definition) is 7. The lowest BCUT2D eigenvalue weighted by molar-refractivity contribution is -0.166. The molecule has 0 heterocycles. The van der Waals surface area contributed by atoms with Gasteiger partial charge in [-0.2, -0.15) is 0 Å². The molecule has 0 aromatic heterocycles. The number of carbonyl (C=O) groups excluding carboxylic acids is 2. The summed E-state index contributed by atoms with van der Waals surface area (Å²) in [5.41, 5.74) is 0.0505. The van der Waals surface area contributed by atoms with Gasteiger partial charge >= 0.3 is 23.9 Å². The summed E-state index contributed by atoms with van der Waals surface area (Å²) >= 11 is 0. The lowest BCUT2D eigenvalue weighted by Gasteiger charge is -2.21. The number of rotatable bonds is 7. The first-order valence-corrected chi connectivity index (χ1v) is 7.82. The van der Waals surface area contributed by atoms with Crippen LogP contribution in [-0.2, 0) is 19.1 Å². The number of aliphatic hydroxyl groups excluding tert-OH is 1. The number of esters is 2. The molecular weight excluding hydrogens is 372 g/mol. The van der Waals surface area contributed by atoms with E-state index in [-0.39, 0.29) is 11.1 Å². The Hall–Kier alpha value is -3.72. The summed E-state index contributed by atoms with van der Waals surface area (Å²) in [6.07, 6.45) is -4.43. The van der Waals surface area contributed by atoms with Gasteiger partial charge in [0.1, 0.15) is 0 Å². The van der Waals surface area contributed by atoms with Gasteiger partial charge < -0.3 is 24.8 Å². The molecule has 9 nitrogen and oxygen atoms in total. The topological polar surface area (TPSA) is 147 Å². The van der Waals surface area contributed by atoms with Crippen LogP contribution in [0, 0.1) is 0 Å². The minimum absolute atomic E-state index is 0.0253. The van der Waals surface area contributed by atoms with Crippen molar-refractivity contribution in [3.05, 3.63) is 71.8 Å². The highest BCUT2D eigenvalue weighted by Crippen LogP contribution is 2.13. The largest absolute Gasteiger partial charge is 0.478 e. The van der Waals surface area contributed by atoms with Gasteiger partial charge in [-0.3, -0.25) is 0 Å². The molecule has 2 rings (SSSR count). The molecule has 0 amide bonds. The Balaban J connectivity index is 0.00000190. The Labute approximate surface area is 159 Å². The van der Waals surface area contributed by atoms with Crippen LogP contribution in [-0.4, -0.2) is 58.5 Å². The summed E-state index contributed by atoms with van der Waals surface area (Å²) in [6, 6.07) is 14.8. The van der Waals surface area contributed by atoms with E-state index in [2.05, 4.69) is 0 Å². The SMILES string of the molecule is CO.O=C(O[C@H](C(=O)O)[C@H](OC(=O)c1ccccc1)C(=O)O)c1ccccc1. The van der Waals surface area contributed by atoms with E-state index in [1.807, 2.05) is 0 Å². The third kappa shape index (κ3) is 6.22. The molecule has 28 heavy (non-hydrogen) atoms. The molecule has 0 spiro atoms. The van der Waals surface area contributed by atoms with Crippen molar-refractivity contribution in [2.45, 2.75) is 12.2 Å². The van der Waals surface area contributed by atoms with Crippen LogP contribution >= 0.6 is 0 Å². The smallest absolute Gasteiger partial charge is 0.349 e. The number of ether oxygens (including phenoxy) is 2. The summed E-state index contributed by atoms with van der Waals surface area (Å²) in [5.74, 6) is -5.63. The molecule has 0 radical (unpaired) electrons. The highest BCUT2D eigenvalue weighted by molar-refractivity contribution is 5.95. The number of hydrogen-bond donors (Lipinski definition) is 3. The molecule has 0 unspecified atom stereocenters. The maximum absolute atomic E-state index is 12.0. The van der Waals surface area contributed by atoms with Gasteiger partial charge in [0, 0.05) is 7.11 Å². The zero-order valence-corrected chi connectivity index (χ0v) is 14.7. The molecule has 2 aromatic carbocycles. The maximum Gasteiger partial charge on any atom is 0.349 e. The lowest BCUT2D eigenvalue weighted by atomic mass is 10.1. The van der Waals surface area contributed by atoms with Crippen molar-refractivity contribution in [1.82, 2.24) is 0 Å². The Morgan fingerprint density at radius 2 is 0.929 bits per heavy atom. The average Bonchev–Trinajstić information content (AvgIpc) is 2.72. The van der Waals surface area contributed by atoms with Gasteiger partial charge in [-0.05, 0) is 24.3 Å². The number of carboxylic acid groups (broad SMARTS) is 2. The van der Waals surface area contributed by atoms with Crippen LogP contribution < -0.4 is 0 Å². The molecule has 0 aliphatic carbocycles. The van der Waals surface area contributed by atoms with Crippen LogP contribution in [0.4, 0.5) is 0 Å². The predicted molar refractivity (Wildman–Crippen MR) is 94.7 cm³/mol. The summed E-state index contributed by atoms with van der Waals surface area (Å²) in [5, 5.41) is 25.5. The van der Waals surface area contributed by atoms with Gasteiger partial charge in [0.05, 0.1) is 11.1 Å². The molecule has 0 aliphatic heterocycles. The number of benzene rings is 2. The fourth-order valence-corrected chi connectivity index (χ4v) is 2.00. The number of aliphatic carboxylic acids is 2. The van der Waals surface area contributed by atoms with E-state index >= 15 is 0 Å². The number of carbonyl (C=O) groups is 4. The lowest BCUT2D eigenvalue weighted by Crippen LogP contribution is -2.45. The van der Waals surface area contributed by atoms with Crippen LogP contribution in [0.25, 0.3) is 0 Å². The first-order chi connectivity index (χ1) is 13.4. The Morgan fingerprint density at radius 1 is 0.643 bits per heavy atom. The first-order valence-electron chi connectivity index (χ1n) is 7.82. The van der Waals surface area contributed by atoms with Crippen LogP contribution in [0.15, 0.2) is 60.7 Å². The fraction of sp³-hybridized carbons (Fsp3) is 0.158. The third-order valence-corrected chi connectivity index (χ3v) is 3.25. The van der Waals surface area contributed by atoms with Crippen molar-refractivity contribution in [1.29, 1.82) is 0 Å². The standard InChI is InChI=1S/C18H14O8.CH4O/c19-15(20)13(25-17(23)11-7-3-1-4-8-11)14(16(21)22)26-18(24)12-9-5-2-6-10-12;1-2/h1-10,13-14H,(H,19,20)(H,21,22);2H,1H3/t13-,14-;/m0./s1. The van der Waals surface area contributed by atoms with Gasteiger partial charge in [-0.25, -0.2) is 19.2 Å². The molecule has 0 saturated heterocycles. The Morgan fingerprint density at radius 3 is 1.18 bits per heavy atom. The zero-order valence-electron chi connectivity index (χ0n) is 14.7. The molecule has 9 heteroatoms. The molecule has 0 bridgehead atoms. The minimum Gasteiger partial charge on any atom is -0.478 e. The predicted octanol–water partition coefficient (Wildman–Crippen LogP) is 1.22. The molecule has 2 atom stereocenters. The minimum atomic E-state index is -2.21. The molecule has 0 fully saturated rings. The van der Waals surface area contributed by atoms with Crippen molar-refractivity contribution in [2.75, 3.05) is 7.11 Å². The molecule has 0 aliphatic rings. The average molecular weight is 390 g/mol. The maximum atomic E-state index is 12.0. The second kappa shape index (κ2) is 11.1. The van der Waals surface area contributed by atoms with E-state index in [9.17, 15) is 29.4 Å². The Bertz CT molecular complexity index is 733. The zero-order chi connectivity index (χ0) is 21.1. The second-order valence-electron chi connectivity index (χ2n) is 5.06. The van der Waals surface area contributed by atoms with Gasteiger partial charge in [0.25, 0.3) is 0 Å². The monoisotopic (exact) mass is 390 g/mol. The summed E-state index contributed by atoms with van der Waals surface area (Å²) in [6.45, 7) is 0. The van der Waals surface area contributed by atoms with Crippen LogP contribution in [0.5, 0.6) is 0 Å². The van der Waals surface area contributed by atoms with Crippen molar-refractivity contribution in [3.8, 4) is 0 Å². The van der Waals surface area contributed by atoms with E-state index in [4.69, 9.17) is 14.6 Å². The van der Waals surface area contributed by atoms with Gasteiger partial charge in [-0.15, -0.1) is 0 Å². The van der Waals surface area contributed by atoms with E-state index in [0.29, 0.717) is 0 Å². The Kier molecular flexibility index (Phi) is 8.84. The van der Waals surface area contributed by atoms with E-state index in [1.165, 1.54) is 48.5 Å². The van der Waals surface area contributed by atoms with E-state index in [1.54, 1.807) is 12.1 Å². The van der Waals surface area contributed by atoms with Gasteiger partial charge in [0.2, 0.25) is 12.2 Å². The van der Waals surface area contributed by atoms with Crippen molar-refractivity contribution >= 4 is 23.9 Å². The third-order valence-electron chi connectivity index (χ3n) is 3.25. The van der Waals surface area contributed by atoms with Crippen molar-refractivity contribution in [3.63, 3.8) is 0 Å². The summed E-state index contributed by atoms with van der Waals surface area (Å²) in [7, 11) is 1.00. The summed E-state index contributed by atoms with van der Waals surface area (Å²) in [4.78, 5) is 46.8. The second-order valence-corrected chi connectivity index (χ2v) is 5.06. The van der Waals surface area contributed by atoms with E-state index < -0.39 is 36.1 Å². The van der Waals surface area contributed by atoms with E-state index in [0.717, 1.165) is 7.11 Å². The molecular formula is C19H18O9. The van der Waals surface area contributed by atoms with Crippen LogP contribution in [0.3, 0.4) is 0 Å². The quantitative estimate of drug-likeness (QED) is 0.593. The van der Waals surface area contributed by atoms with Crippen LogP contribution in [0.1, 0.15) is 20.7 Å². The normalized spacial score (nSPS) is 11.8. The number of aliphatic hydroxyl groups is 1.